The fraction of sp³-hybridized carbons (Fsp3) is 0.188. The van der Waals surface area contributed by atoms with Crippen LogP contribution in [0, 0.1) is 17.0 Å². The number of hydrogen-bond acceptors (Lipinski definition) is 4. The van der Waals surface area contributed by atoms with E-state index < -0.39 is 10.8 Å². The predicted octanol–water partition coefficient (Wildman–Crippen LogP) is 3.73. The van der Waals surface area contributed by atoms with Crippen LogP contribution in [0.1, 0.15) is 22.8 Å². The standard InChI is InChI=1S/C16H16ClN3O3/c1-3-19(12-6-4-11(2)5-7-12)18-16(21)14-9-8-13(20(22)23)10-15(14)17/h4-10H,3H2,1-2H3,(H,18,21). The van der Waals surface area contributed by atoms with Gasteiger partial charge in [-0.2, -0.15) is 0 Å². The van der Waals surface area contributed by atoms with Crippen LogP contribution >= 0.6 is 11.6 Å². The minimum absolute atomic E-state index is 0.0386. The maximum absolute atomic E-state index is 12.3. The summed E-state index contributed by atoms with van der Waals surface area (Å²) in [6, 6.07) is 11.5. The first kappa shape index (κ1) is 16.8. The summed E-state index contributed by atoms with van der Waals surface area (Å²) in [6.45, 7) is 4.44. The number of aryl methyl sites for hydroxylation is 1. The highest BCUT2D eigenvalue weighted by Crippen LogP contribution is 2.23. The minimum atomic E-state index is -0.557. The highest BCUT2D eigenvalue weighted by Gasteiger charge is 2.17. The van der Waals surface area contributed by atoms with Gasteiger partial charge in [-0.1, -0.05) is 29.3 Å². The zero-order chi connectivity index (χ0) is 17.0. The van der Waals surface area contributed by atoms with E-state index in [4.69, 9.17) is 11.6 Å². The van der Waals surface area contributed by atoms with Gasteiger partial charge in [0.05, 0.1) is 21.2 Å². The van der Waals surface area contributed by atoms with Crippen LogP contribution in [0.3, 0.4) is 0 Å². The first-order chi connectivity index (χ1) is 10.9. The molecular formula is C16H16ClN3O3. The van der Waals surface area contributed by atoms with Gasteiger partial charge < -0.3 is 0 Å². The average Bonchev–Trinajstić information content (AvgIpc) is 2.53. The zero-order valence-corrected chi connectivity index (χ0v) is 13.5. The van der Waals surface area contributed by atoms with Gasteiger partial charge in [-0.05, 0) is 32.0 Å². The fourth-order valence-electron chi connectivity index (χ4n) is 2.04. The van der Waals surface area contributed by atoms with Crippen LogP contribution in [0.15, 0.2) is 42.5 Å². The van der Waals surface area contributed by atoms with Gasteiger partial charge in [0.15, 0.2) is 0 Å². The summed E-state index contributed by atoms with van der Waals surface area (Å²) in [4.78, 5) is 22.5. The Hall–Kier alpha value is -2.60. The number of nitro groups is 1. The van der Waals surface area contributed by atoms with Gasteiger partial charge in [-0.3, -0.25) is 25.3 Å². The lowest BCUT2D eigenvalue weighted by Gasteiger charge is -2.24. The van der Waals surface area contributed by atoms with E-state index in [1.807, 2.05) is 38.1 Å². The molecule has 0 fully saturated rings. The summed E-state index contributed by atoms with van der Waals surface area (Å²) in [5.74, 6) is -0.424. The van der Waals surface area contributed by atoms with Gasteiger partial charge in [0.1, 0.15) is 0 Å². The molecule has 0 aliphatic heterocycles. The number of halogens is 1. The number of hydrazine groups is 1. The van der Waals surface area contributed by atoms with E-state index in [-0.39, 0.29) is 16.3 Å². The molecule has 0 aromatic heterocycles. The van der Waals surface area contributed by atoms with Crippen LogP contribution < -0.4 is 10.4 Å². The molecule has 0 unspecified atom stereocenters. The second-order valence-electron chi connectivity index (χ2n) is 4.94. The van der Waals surface area contributed by atoms with E-state index in [1.54, 1.807) is 5.01 Å². The fourth-order valence-corrected chi connectivity index (χ4v) is 2.30. The summed E-state index contributed by atoms with van der Waals surface area (Å²) in [7, 11) is 0. The number of nitrogens with zero attached hydrogens (tertiary/aromatic N) is 2. The third-order valence-electron chi connectivity index (χ3n) is 3.31. The van der Waals surface area contributed by atoms with E-state index in [0.717, 1.165) is 11.3 Å². The largest absolute Gasteiger partial charge is 0.286 e. The Bertz CT molecular complexity index is 732. The highest BCUT2D eigenvalue weighted by atomic mass is 35.5. The molecule has 0 bridgehead atoms. The quantitative estimate of drug-likeness (QED) is 0.668. The molecular weight excluding hydrogens is 318 g/mol. The van der Waals surface area contributed by atoms with E-state index in [2.05, 4.69) is 5.43 Å². The van der Waals surface area contributed by atoms with Crippen molar-refractivity contribution in [3.05, 3.63) is 68.7 Å². The molecule has 1 N–H and O–H groups in total. The van der Waals surface area contributed by atoms with E-state index >= 15 is 0 Å². The van der Waals surface area contributed by atoms with Crippen LogP contribution in [-0.2, 0) is 0 Å². The molecule has 23 heavy (non-hydrogen) atoms. The van der Waals surface area contributed by atoms with Crippen molar-refractivity contribution in [2.45, 2.75) is 13.8 Å². The third kappa shape index (κ3) is 3.98. The molecule has 0 heterocycles. The van der Waals surface area contributed by atoms with Crippen molar-refractivity contribution in [3.63, 3.8) is 0 Å². The normalized spacial score (nSPS) is 10.2. The van der Waals surface area contributed by atoms with Gasteiger partial charge in [0.2, 0.25) is 0 Å². The van der Waals surface area contributed by atoms with Crippen molar-refractivity contribution in [1.82, 2.24) is 5.43 Å². The molecule has 0 atom stereocenters. The minimum Gasteiger partial charge on any atom is -0.286 e. The highest BCUT2D eigenvalue weighted by molar-refractivity contribution is 6.34. The number of hydrogen-bond donors (Lipinski definition) is 1. The Balaban J connectivity index is 2.19. The van der Waals surface area contributed by atoms with E-state index in [9.17, 15) is 14.9 Å². The molecule has 2 aromatic rings. The first-order valence-corrected chi connectivity index (χ1v) is 7.39. The summed E-state index contributed by atoms with van der Waals surface area (Å²) in [6.07, 6.45) is 0. The number of nitrogens with one attached hydrogen (secondary N) is 1. The molecule has 1 amide bonds. The number of anilines is 1. The average molecular weight is 334 g/mol. The third-order valence-corrected chi connectivity index (χ3v) is 3.62. The van der Waals surface area contributed by atoms with Gasteiger partial charge in [-0.15, -0.1) is 0 Å². The summed E-state index contributed by atoms with van der Waals surface area (Å²) in [5.41, 5.74) is 4.73. The maximum atomic E-state index is 12.3. The molecule has 0 saturated carbocycles. The molecule has 2 rings (SSSR count). The van der Waals surface area contributed by atoms with Crippen molar-refractivity contribution in [2.24, 2.45) is 0 Å². The molecule has 0 aliphatic carbocycles. The molecule has 120 valence electrons. The summed E-state index contributed by atoms with van der Waals surface area (Å²) >= 11 is 5.98. The number of rotatable bonds is 5. The second-order valence-corrected chi connectivity index (χ2v) is 5.35. The van der Waals surface area contributed by atoms with Crippen molar-refractivity contribution in [1.29, 1.82) is 0 Å². The second kappa shape index (κ2) is 7.11. The van der Waals surface area contributed by atoms with Crippen LogP contribution in [0.5, 0.6) is 0 Å². The SMILES string of the molecule is CCN(NC(=O)c1ccc([N+](=O)[O-])cc1Cl)c1ccc(C)cc1. The number of carbonyl (C=O) groups is 1. The van der Waals surface area contributed by atoms with Crippen molar-refractivity contribution in [3.8, 4) is 0 Å². The first-order valence-electron chi connectivity index (χ1n) is 7.01. The van der Waals surface area contributed by atoms with E-state index in [1.165, 1.54) is 18.2 Å². The lowest BCUT2D eigenvalue weighted by molar-refractivity contribution is -0.384. The summed E-state index contributed by atoms with van der Waals surface area (Å²) in [5, 5.41) is 12.4. The molecule has 0 aliphatic rings. The Morgan fingerprint density at radius 3 is 2.43 bits per heavy atom. The van der Waals surface area contributed by atoms with Crippen LogP contribution in [0.2, 0.25) is 5.02 Å². The molecule has 0 radical (unpaired) electrons. The molecule has 6 nitrogen and oxygen atoms in total. The topological polar surface area (TPSA) is 75.5 Å². The zero-order valence-electron chi connectivity index (χ0n) is 12.7. The molecule has 0 spiro atoms. The molecule has 7 heteroatoms. The summed E-state index contributed by atoms with van der Waals surface area (Å²) < 4.78 is 0. The lowest BCUT2D eigenvalue weighted by Crippen LogP contribution is -2.42. The van der Waals surface area contributed by atoms with Gasteiger partial charge in [-0.25, -0.2) is 0 Å². The monoisotopic (exact) mass is 333 g/mol. The lowest BCUT2D eigenvalue weighted by atomic mass is 10.2. The predicted molar refractivity (Wildman–Crippen MR) is 89.8 cm³/mol. The Morgan fingerprint density at radius 1 is 1.26 bits per heavy atom. The van der Waals surface area contributed by atoms with Gasteiger partial charge >= 0.3 is 0 Å². The Kier molecular flexibility index (Phi) is 5.18. The van der Waals surface area contributed by atoms with Crippen LogP contribution in [-0.4, -0.2) is 17.4 Å². The Labute approximate surface area is 138 Å². The van der Waals surface area contributed by atoms with Gasteiger partial charge in [0.25, 0.3) is 11.6 Å². The van der Waals surface area contributed by atoms with Crippen molar-refractivity contribution < 1.29 is 9.72 Å². The van der Waals surface area contributed by atoms with Crippen LogP contribution in [0.25, 0.3) is 0 Å². The molecule has 2 aromatic carbocycles. The smallest absolute Gasteiger partial charge is 0.271 e. The number of amides is 1. The molecule has 0 saturated heterocycles. The number of benzene rings is 2. The Morgan fingerprint density at radius 2 is 1.91 bits per heavy atom. The number of carbonyl (C=O) groups excluding carboxylic acids is 1. The van der Waals surface area contributed by atoms with E-state index in [0.29, 0.717) is 6.54 Å². The van der Waals surface area contributed by atoms with Crippen LogP contribution in [0.4, 0.5) is 11.4 Å². The maximum Gasteiger partial charge on any atom is 0.271 e. The van der Waals surface area contributed by atoms with Gasteiger partial charge in [0, 0.05) is 18.7 Å². The number of nitro benzene ring substituents is 1. The van der Waals surface area contributed by atoms with Crippen molar-refractivity contribution >= 4 is 28.9 Å². The van der Waals surface area contributed by atoms with Crippen molar-refractivity contribution in [2.75, 3.05) is 11.6 Å². The number of non-ortho nitro benzene ring substituents is 1.